The fourth-order valence-electron chi connectivity index (χ4n) is 2.33. The van der Waals surface area contributed by atoms with Crippen LogP contribution in [0.15, 0.2) is 48.5 Å². The molecule has 132 valence electrons. The molecule has 0 saturated carbocycles. The highest BCUT2D eigenvalue weighted by atomic mass is 16.5. The summed E-state index contributed by atoms with van der Waals surface area (Å²) in [5.41, 5.74) is 2.75. The van der Waals surface area contributed by atoms with Crippen LogP contribution in [0.5, 0.6) is 0 Å². The molecule has 4 heteroatoms. The van der Waals surface area contributed by atoms with Gasteiger partial charge in [-0.2, -0.15) is 0 Å². The van der Waals surface area contributed by atoms with E-state index in [9.17, 15) is 9.59 Å². The second-order valence-electron chi connectivity index (χ2n) is 7.32. The van der Waals surface area contributed by atoms with E-state index in [0.717, 1.165) is 0 Å². The van der Waals surface area contributed by atoms with Crippen molar-refractivity contribution in [3.05, 3.63) is 65.2 Å². The number of anilines is 1. The summed E-state index contributed by atoms with van der Waals surface area (Å²) >= 11 is 0. The molecule has 0 fully saturated rings. The van der Waals surface area contributed by atoms with Gasteiger partial charge in [-0.15, -0.1) is 0 Å². The second-order valence-corrected chi connectivity index (χ2v) is 7.32. The maximum atomic E-state index is 12.4. The Morgan fingerprint density at radius 2 is 1.60 bits per heavy atom. The number of nitrogens with one attached hydrogen (secondary N) is 1. The van der Waals surface area contributed by atoms with E-state index in [2.05, 4.69) is 26.1 Å². The number of esters is 1. The molecule has 0 unspecified atom stereocenters. The van der Waals surface area contributed by atoms with Crippen molar-refractivity contribution in [3.63, 3.8) is 0 Å². The summed E-state index contributed by atoms with van der Waals surface area (Å²) in [6.45, 7) is 9.98. The van der Waals surface area contributed by atoms with Crippen molar-refractivity contribution in [1.82, 2.24) is 0 Å². The average molecular weight is 339 g/mol. The molecule has 4 nitrogen and oxygen atoms in total. The molecule has 1 N–H and O–H groups in total. The van der Waals surface area contributed by atoms with E-state index in [-0.39, 0.29) is 17.4 Å². The summed E-state index contributed by atoms with van der Waals surface area (Å²) in [5, 5.41) is 2.82. The summed E-state index contributed by atoms with van der Waals surface area (Å²) in [7, 11) is 0. The van der Waals surface area contributed by atoms with Crippen molar-refractivity contribution >= 4 is 17.6 Å². The van der Waals surface area contributed by atoms with E-state index in [4.69, 9.17) is 4.74 Å². The maximum Gasteiger partial charge on any atom is 0.338 e. The predicted octanol–water partition coefficient (Wildman–Crippen LogP) is 4.80. The number of carbonyl (C=O) groups is 2. The fraction of sp³-hybridized carbons (Fsp3) is 0.333. The van der Waals surface area contributed by atoms with Gasteiger partial charge in [0.25, 0.3) is 5.91 Å². The van der Waals surface area contributed by atoms with Gasteiger partial charge in [-0.1, -0.05) is 39.0 Å². The van der Waals surface area contributed by atoms with Crippen LogP contribution in [-0.2, 0) is 10.2 Å². The minimum absolute atomic E-state index is 0.0418. The first-order valence-corrected chi connectivity index (χ1v) is 8.40. The summed E-state index contributed by atoms with van der Waals surface area (Å²) < 4.78 is 5.17. The van der Waals surface area contributed by atoms with Gasteiger partial charge in [0.2, 0.25) is 0 Å². The number of rotatable bonds is 4. The summed E-state index contributed by atoms with van der Waals surface area (Å²) in [6.07, 6.45) is -0.188. The van der Waals surface area contributed by atoms with Crippen LogP contribution in [0.2, 0.25) is 0 Å². The minimum Gasteiger partial charge on any atom is -0.459 e. The molecule has 2 aromatic carbocycles. The highest BCUT2D eigenvalue weighted by Crippen LogP contribution is 2.22. The molecule has 0 radical (unpaired) electrons. The Hall–Kier alpha value is -2.62. The molecule has 2 rings (SSSR count). The van der Waals surface area contributed by atoms with E-state index < -0.39 is 5.97 Å². The van der Waals surface area contributed by atoms with Crippen LogP contribution in [0.4, 0.5) is 5.69 Å². The number of hydrogen-bond acceptors (Lipinski definition) is 3. The van der Waals surface area contributed by atoms with Gasteiger partial charge in [-0.25, -0.2) is 4.79 Å². The number of ether oxygens (including phenoxy) is 1. The van der Waals surface area contributed by atoms with Crippen LogP contribution in [0, 0.1) is 0 Å². The molecular weight excluding hydrogens is 314 g/mol. The Bertz CT molecular complexity index is 755. The van der Waals surface area contributed by atoms with Crippen molar-refractivity contribution in [1.29, 1.82) is 0 Å². The standard InChI is InChI=1S/C21H25NO3/c1-14(2)25-20(24)16-7-6-8-18(13-16)22-19(23)15-9-11-17(12-10-15)21(3,4)5/h6-14H,1-5H3,(H,22,23). The SMILES string of the molecule is CC(C)OC(=O)c1cccc(NC(=O)c2ccc(C(C)(C)C)cc2)c1. The fourth-order valence-corrected chi connectivity index (χ4v) is 2.33. The third-order valence-corrected chi connectivity index (χ3v) is 3.71. The second kappa shape index (κ2) is 7.51. The lowest BCUT2D eigenvalue weighted by Crippen LogP contribution is -2.15. The largest absolute Gasteiger partial charge is 0.459 e. The molecule has 0 aliphatic carbocycles. The Labute approximate surface area is 149 Å². The molecule has 0 heterocycles. The molecule has 0 aromatic heterocycles. The zero-order valence-electron chi connectivity index (χ0n) is 15.4. The van der Waals surface area contributed by atoms with Crippen molar-refractivity contribution in [3.8, 4) is 0 Å². The van der Waals surface area contributed by atoms with Gasteiger partial charge in [0.05, 0.1) is 11.7 Å². The predicted molar refractivity (Wildman–Crippen MR) is 100 cm³/mol. The van der Waals surface area contributed by atoms with Gasteiger partial charge < -0.3 is 10.1 Å². The van der Waals surface area contributed by atoms with Gasteiger partial charge >= 0.3 is 5.97 Å². The highest BCUT2D eigenvalue weighted by molar-refractivity contribution is 6.04. The molecule has 0 bridgehead atoms. The molecule has 25 heavy (non-hydrogen) atoms. The number of amides is 1. The summed E-state index contributed by atoms with van der Waals surface area (Å²) in [6, 6.07) is 14.3. The Balaban J connectivity index is 2.11. The summed E-state index contributed by atoms with van der Waals surface area (Å²) in [4.78, 5) is 24.4. The smallest absolute Gasteiger partial charge is 0.338 e. The van der Waals surface area contributed by atoms with Crippen LogP contribution in [0.1, 0.15) is 60.9 Å². The van der Waals surface area contributed by atoms with Gasteiger partial charge in [0.15, 0.2) is 0 Å². The quantitative estimate of drug-likeness (QED) is 0.814. The van der Waals surface area contributed by atoms with Gasteiger partial charge in [0.1, 0.15) is 0 Å². The van der Waals surface area contributed by atoms with Crippen molar-refractivity contribution in [2.24, 2.45) is 0 Å². The first kappa shape index (κ1) is 18.7. The lowest BCUT2D eigenvalue weighted by Gasteiger charge is -2.19. The van der Waals surface area contributed by atoms with E-state index in [1.165, 1.54) is 5.56 Å². The van der Waals surface area contributed by atoms with Gasteiger partial charge in [-0.05, 0) is 55.2 Å². The van der Waals surface area contributed by atoms with Gasteiger partial charge in [0, 0.05) is 11.3 Å². The van der Waals surface area contributed by atoms with Crippen LogP contribution < -0.4 is 5.32 Å². The molecule has 0 atom stereocenters. The Morgan fingerprint density at radius 3 is 2.16 bits per heavy atom. The first-order valence-electron chi connectivity index (χ1n) is 8.40. The molecular formula is C21H25NO3. The zero-order chi connectivity index (χ0) is 18.6. The Morgan fingerprint density at radius 1 is 0.960 bits per heavy atom. The molecule has 0 aliphatic rings. The molecule has 0 spiro atoms. The average Bonchev–Trinajstić information content (AvgIpc) is 2.54. The van der Waals surface area contributed by atoms with E-state index >= 15 is 0 Å². The zero-order valence-corrected chi connectivity index (χ0v) is 15.4. The highest BCUT2D eigenvalue weighted by Gasteiger charge is 2.15. The molecule has 0 aliphatic heterocycles. The molecule has 1 amide bonds. The number of hydrogen-bond donors (Lipinski definition) is 1. The van der Waals surface area contributed by atoms with Gasteiger partial charge in [-0.3, -0.25) is 4.79 Å². The Kier molecular flexibility index (Phi) is 5.62. The van der Waals surface area contributed by atoms with E-state index in [1.54, 1.807) is 38.1 Å². The van der Waals surface area contributed by atoms with Crippen molar-refractivity contribution in [2.45, 2.75) is 46.1 Å². The van der Waals surface area contributed by atoms with E-state index in [1.807, 2.05) is 24.3 Å². The lowest BCUT2D eigenvalue weighted by molar-refractivity contribution is 0.0378. The molecule has 0 saturated heterocycles. The first-order chi connectivity index (χ1) is 11.7. The van der Waals surface area contributed by atoms with Crippen molar-refractivity contribution in [2.75, 3.05) is 5.32 Å². The third-order valence-electron chi connectivity index (χ3n) is 3.71. The van der Waals surface area contributed by atoms with Crippen LogP contribution >= 0.6 is 0 Å². The lowest BCUT2D eigenvalue weighted by atomic mass is 9.87. The monoisotopic (exact) mass is 339 g/mol. The van der Waals surface area contributed by atoms with Crippen LogP contribution in [-0.4, -0.2) is 18.0 Å². The summed E-state index contributed by atoms with van der Waals surface area (Å²) in [5.74, 6) is -0.615. The normalized spacial score (nSPS) is 11.3. The van der Waals surface area contributed by atoms with Crippen molar-refractivity contribution < 1.29 is 14.3 Å². The van der Waals surface area contributed by atoms with Crippen LogP contribution in [0.25, 0.3) is 0 Å². The number of carbonyl (C=O) groups excluding carboxylic acids is 2. The third kappa shape index (κ3) is 5.18. The van der Waals surface area contributed by atoms with Crippen LogP contribution in [0.3, 0.4) is 0 Å². The molecule has 2 aromatic rings. The maximum absolute atomic E-state index is 12.4. The minimum atomic E-state index is -0.402. The number of benzene rings is 2. The topological polar surface area (TPSA) is 55.4 Å². The van der Waals surface area contributed by atoms with E-state index in [0.29, 0.717) is 16.8 Å².